The topological polar surface area (TPSA) is 3.24 Å². The van der Waals surface area contributed by atoms with E-state index in [-0.39, 0.29) is 0 Å². The summed E-state index contributed by atoms with van der Waals surface area (Å²) in [6.45, 7) is 5.09. The van der Waals surface area contributed by atoms with Crippen LogP contribution in [-0.2, 0) is 13.0 Å². The molecule has 2 heteroatoms. The van der Waals surface area contributed by atoms with E-state index in [9.17, 15) is 0 Å². The molecule has 0 unspecified atom stereocenters. The fourth-order valence-electron chi connectivity index (χ4n) is 2.76. The van der Waals surface area contributed by atoms with E-state index in [1.807, 2.05) is 24.3 Å². The Labute approximate surface area is 131 Å². The van der Waals surface area contributed by atoms with E-state index in [1.54, 1.807) is 0 Å². The first-order valence-electron chi connectivity index (χ1n) is 7.26. The number of hydrogen-bond acceptors (Lipinski definition) is 1. The Hall–Kier alpha value is -1.75. The van der Waals surface area contributed by atoms with Crippen LogP contribution in [0.4, 0.5) is 0 Å². The summed E-state index contributed by atoms with van der Waals surface area (Å²) in [5.74, 6) is 6.46. The van der Waals surface area contributed by atoms with Crippen LogP contribution in [-0.4, -0.2) is 18.0 Å². The van der Waals surface area contributed by atoms with Gasteiger partial charge in [-0.15, -0.1) is 0 Å². The molecule has 0 spiro atoms. The largest absolute Gasteiger partial charge is 0.288 e. The van der Waals surface area contributed by atoms with Gasteiger partial charge in [0, 0.05) is 23.7 Å². The Kier molecular flexibility index (Phi) is 4.29. The van der Waals surface area contributed by atoms with E-state index < -0.39 is 0 Å². The van der Waals surface area contributed by atoms with Crippen LogP contribution in [0.3, 0.4) is 0 Å². The number of rotatable bonds is 1. The van der Waals surface area contributed by atoms with Gasteiger partial charge in [-0.2, -0.15) is 0 Å². The first kappa shape index (κ1) is 14.2. The van der Waals surface area contributed by atoms with Crippen molar-refractivity contribution in [2.24, 2.45) is 0 Å². The van der Waals surface area contributed by atoms with Crippen LogP contribution in [0.15, 0.2) is 42.5 Å². The minimum Gasteiger partial charge on any atom is -0.288 e. The van der Waals surface area contributed by atoms with Crippen molar-refractivity contribution in [3.63, 3.8) is 0 Å². The Morgan fingerprint density at radius 3 is 2.90 bits per heavy atom. The van der Waals surface area contributed by atoms with Crippen molar-refractivity contribution in [3.8, 4) is 11.8 Å². The zero-order valence-corrected chi connectivity index (χ0v) is 13.0. The summed E-state index contributed by atoms with van der Waals surface area (Å²) in [5.41, 5.74) is 5.35. The van der Waals surface area contributed by atoms with Gasteiger partial charge in [0.1, 0.15) is 0 Å². The molecule has 2 aromatic carbocycles. The van der Waals surface area contributed by atoms with Crippen molar-refractivity contribution in [3.05, 3.63) is 69.7 Å². The summed E-state index contributed by atoms with van der Waals surface area (Å²) in [7, 11) is 0. The second-order valence-electron chi connectivity index (χ2n) is 5.49. The van der Waals surface area contributed by atoms with E-state index in [4.69, 9.17) is 11.6 Å². The highest BCUT2D eigenvalue weighted by Gasteiger charge is 2.16. The fourth-order valence-corrected chi connectivity index (χ4v) is 2.95. The molecule has 1 heterocycles. The third kappa shape index (κ3) is 3.47. The molecule has 0 saturated heterocycles. The van der Waals surface area contributed by atoms with Gasteiger partial charge in [0.15, 0.2) is 0 Å². The van der Waals surface area contributed by atoms with Crippen molar-refractivity contribution in [2.75, 3.05) is 13.1 Å². The van der Waals surface area contributed by atoms with Gasteiger partial charge in [-0.3, -0.25) is 4.90 Å². The molecule has 0 aromatic heterocycles. The normalized spacial score (nSPS) is 14.2. The predicted molar refractivity (Wildman–Crippen MR) is 88.5 cm³/mol. The molecule has 0 bridgehead atoms. The molecular weight excluding hydrogens is 278 g/mol. The molecule has 0 N–H and O–H groups in total. The van der Waals surface area contributed by atoms with Crippen LogP contribution in [0.1, 0.15) is 22.3 Å². The van der Waals surface area contributed by atoms with Gasteiger partial charge in [-0.25, -0.2) is 0 Å². The highest BCUT2D eigenvalue weighted by atomic mass is 35.5. The summed E-state index contributed by atoms with van der Waals surface area (Å²) >= 11 is 5.97. The lowest BCUT2D eigenvalue weighted by molar-refractivity contribution is 0.285. The van der Waals surface area contributed by atoms with E-state index in [0.29, 0.717) is 0 Å². The molecule has 0 radical (unpaired) electrons. The Balaban J connectivity index is 1.67. The minimum atomic E-state index is 0.740. The van der Waals surface area contributed by atoms with Gasteiger partial charge in [0.05, 0.1) is 6.54 Å². The lowest BCUT2D eigenvalue weighted by atomic mass is 9.96. The molecule has 1 aliphatic heterocycles. The average Bonchev–Trinajstić information content (AvgIpc) is 2.48. The molecule has 2 aromatic rings. The van der Waals surface area contributed by atoms with Gasteiger partial charge in [-0.1, -0.05) is 47.7 Å². The number of fused-ring (bicyclic) bond motifs is 1. The van der Waals surface area contributed by atoms with Crippen LogP contribution in [0, 0.1) is 18.8 Å². The zero-order chi connectivity index (χ0) is 14.7. The van der Waals surface area contributed by atoms with Gasteiger partial charge < -0.3 is 0 Å². The first-order chi connectivity index (χ1) is 10.2. The fraction of sp³-hybridized carbons (Fsp3) is 0.263. The molecule has 0 saturated carbocycles. The van der Waals surface area contributed by atoms with Crippen molar-refractivity contribution in [1.29, 1.82) is 0 Å². The summed E-state index contributed by atoms with van der Waals surface area (Å²) in [5, 5.41) is 0.740. The molecule has 21 heavy (non-hydrogen) atoms. The van der Waals surface area contributed by atoms with Gasteiger partial charge >= 0.3 is 0 Å². The van der Waals surface area contributed by atoms with Crippen molar-refractivity contribution in [2.45, 2.75) is 19.9 Å². The van der Waals surface area contributed by atoms with E-state index in [2.05, 4.69) is 41.9 Å². The van der Waals surface area contributed by atoms with E-state index >= 15 is 0 Å². The highest BCUT2D eigenvalue weighted by molar-refractivity contribution is 6.30. The number of hydrogen-bond donors (Lipinski definition) is 0. The van der Waals surface area contributed by atoms with Gasteiger partial charge in [0.25, 0.3) is 0 Å². The summed E-state index contributed by atoms with van der Waals surface area (Å²) in [6.07, 6.45) is 1.12. The summed E-state index contributed by atoms with van der Waals surface area (Å²) in [4.78, 5) is 2.41. The van der Waals surface area contributed by atoms with Crippen LogP contribution in [0.25, 0.3) is 0 Å². The maximum Gasteiger partial charge on any atom is 0.0608 e. The number of aryl methyl sites for hydroxylation is 1. The molecule has 106 valence electrons. The van der Waals surface area contributed by atoms with Gasteiger partial charge in [-0.05, 0) is 48.2 Å². The molecule has 3 rings (SSSR count). The third-order valence-corrected chi connectivity index (χ3v) is 4.18. The molecule has 0 aliphatic carbocycles. The number of benzene rings is 2. The molecular formula is C19H18ClN. The maximum absolute atomic E-state index is 5.97. The first-order valence-corrected chi connectivity index (χ1v) is 7.64. The standard InChI is InChI=1S/C19H18ClN/c1-15-5-2-8-17-10-12-21(14-19(15)17)11-4-7-16-6-3-9-18(20)13-16/h2-3,5-6,8-9,13H,10-12,14H2,1H3. The van der Waals surface area contributed by atoms with Crippen molar-refractivity contribution < 1.29 is 0 Å². The lowest BCUT2D eigenvalue weighted by Crippen LogP contribution is -2.31. The van der Waals surface area contributed by atoms with Crippen LogP contribution < -0.4 is 0 Å². The summed E-state index contributed by atoms with van der Waals surface area (Å²) < 4.78 is 0. The van der Waals surface area contributed by atoms with Gasteiger partial charge in [0.2, 0.25) is 0 Å². The second kappa shape index (κ2) is 6.35. The molecule has 0 amide bonds. The van der Waals surface area contributed by atoms with Crippen molar-refractivity contribution in [1.82, 2.24) is 4.90 Å². The SMILES string of the molecule is Cc1cccc2c1CN(CC#Cc1cccc(Cl)c1)CC2. The van der Waals surface area contributed by atoms with Crippen molar-refractivity contribution >= 4 is 11.6 Å². The third-order valence-electron chi connectivity index (χ3n) is 3.95. The second-order valence-corrected chi connectivity index (χ2v) is 5.92. The zero-order valence-electron chi connectivity index (χ0n) is 12.2. The Morgan fingerprint density at radius 2 is 2.05 bits per heavy atom. The monoisotopic (exact) mass is 295 g/mol. The van der Waals surface area contributed by atoms with E-state index in [1.165, 1.54) is 16.7 Å². The Morgan fingerprint density at radius 1 is 1.19 bits per heavy atom. The van der Waals surface area contributed by atoms with E-state index in [0.717, 1.165) is 36.6 Å². The maximum atomic E-state index is 5.97. The molecule has 0 fully saturated rings. The number of halogens is 1. The molecule has 1 aliphatic rings. The van der Waals surface area contributed by atoms with Crippen LogP contribution >= 0.6 is 11.6 Å². The van der Waals surface area contributed by atoms with Crippen LogP contribution in [0.5, 0.6) is 0 Å². The molecule has 1 nitrogen and oxygen atoms in total. The minimum absolute atomic E-state index is 0.740. The molecule has 0 atom stereocenters. The highest BCUT2D eigenvalue weighted by Crippen LogP contribution is 2.21. The lowest BCUT2D eigenvalue weighted by Gasteiger charge is -2.28. The number of nitrogens with zero attached hydrogens (tertiary/aromatic N) is 1. The smallest absolute Gasteiger partial charge is 0.0608 e. The quantitative estimate of drug-likeness (QED) is 0.717. The Bertz CT molecular complexity index is 709. The summed E-state index contributed by atoms with van der Waals surface area (Å²) in [6, 6.07) is 14.3. The predicted octanol–water partition coefficient (Wildman–Crippen LogP) is 4.06. The average molecular weight is 296 g/mol. The van der Waals surface area contributed by atoms with Crippen LogP contribution in [0.2, 0.25) is 5.02 Å².